The van der Waals surface area contributed by atoms with E-state index in [4.69, 9.17) is 9.47 Å². The monoisotopic (exact) mass is 279 g/mol. The molecule has 5 nitrogen and oxygen atoms in total. The number of esters is 1. The van der Waals surface area contributed by atoms with Crippen LogP contribution >= 0.6 is 0 Å². The average molecular weight is 279 g/mol. The number of ether oxygens (including phenoxy) is 2. The minimum absolute atomic E-state index is 0.0311. The summed E-state index contributed by atoms with van der Waals surface area (Å²) in [5.41, 5.74) is -0.603. The molecular formula is C15H21NO4. The Labute approximate surface area is 118 Å². The molecule has 0 aromatic carbocycles. The van der Waals surface area contributed by atoms with Gasteiger partial charge in [-0.3, -0.25) is 9.59 Å². The normalized spacial score (nSPS) is 37.9. The van der Waals surface area contributed by atoms with Gasteiger partial charge < -0.3 is 14.4 Å². The van der Waals surface area contributed by atoms with Crippen molar-refractivity contribution in [1.82, 2.24) is 4.90 Å². The Balaban J connectivity index is 1.87. The molecule has 3 aliphatic heterocycles. The number of rotatable bonds is 4. The third-order valence-corrected chi connectivity index (χ3v) is 4.32. The van der Waals surface area contributed by atoms with Gasteiger partial charge in [0, 0.05) is 6.54 Å². The molecule has 4 atom stereocenters. The Hall–Kier alpha value is -1.36. The highest BCUT2D eigenvalue weighted by atomic mass is 16.6. The molecule has 3 aliphatic rings. The number of nitrogens with zero attached hydrogens (tertiary/aromatic N) is 1. The summed E-state index contributed by atoms with van der Waals surface area (Å²) in [5.74, 6) is -0.770. The molecule has 0 aromatic rings. The van der Waals surface area contributed by atoms with Crippen LogP contribution in [0.15, 0.2) is 12.2 Å². The topological polar surface area (TPSA) is 55.8 Å². The SMILES string of the molecule is CCOC(=O)C1[C@H]2C=CC3(CN(CC(C)C)C(=O)[C@@H]13)O2. The van der Waals surface area contributed by atoms with Crippen LogP contribution in [-0.2, 0) is 19.1 Å². The third kappa shape index (κ3) is 1.79. The van der Waals surface area contributed by atoms with Crippen molar-refractivity contribution in [3.63, 3.8) is 0 Å². The summed E-state index contributed by atoms with van der Waals surface area (Å²) in [4.78, 5) is 26.6. The van der Waals surface area contributed by atoms with Gasteiger partial charge in [-0.1, -0.05) is 26.0 Å². The smallest absolute Gasteiger partial charge is 0.312 e. The second-order valence-electron chi connectivity index (χ2n) is 6.26. The van der Waals surface area contributed by atoms with Crippen LogP contribution in [0, 0.1) is 17.8 Å². The zero-order valence-corrected chi connectivity index (χ0v) is 12.2. The van der Waals surface area contributed by atoms with E-state index in [9.17, 15) is 9.59 Å². The predicted octanol–water partition coefficient (Wildman–Crippen LogP) is 0.987. The second-order valence-corrected chi connectivity index (χ2v) is 6.26. The summed E-state index contributed by atoms with van der Waals surface area (Å²) < 4.78 is 11.1. The van der Waals surface area contributed by atoms with Crippen molar-refractivity contribution in [1.29, 1.82) is 0 Å². The zero-order valence-electron chi connectivity index (χ0n) is 12.2. The van der Waals surface area contributed by atoms with Gasteiger partial charge in [0.2, 0.25) is 5.91 Å². The first-order valence-corrected chi connectivity index (χ1v) is 7.31. The molecule has 5 heteroatoms. The number of carbonyl (C=O) groups is 2. The molecule has 0 saturated carbocycles. The first-order chi connectivity index (χ1) is 9.48. The van der Waals surface area contributed by atoms with Gasteiger partial charge >= 0.3 is 5.97 Å². The minimum Gasteiger partial charge on any atom is -0.466 e. The average Bonchev–Trinajstić information content (AvgIpc) is 2.98. The van der Waals surface area contributed by atoms with Crippen LogP contribution in [0.3, 0.4) is 0 Å². The van der Waals surface area contributed by atoms with E-state index in [2.05, 4.69) is 13.8 Å². The fourth-order valence-electron chi connectivity index (χ4n) is 3.68. The fourth-order valence-corrected chi connectivity index (χ4v) is 3.68. The first-order valence-electron chi connectivity index (χ1n) is 7.31. The van der Waals surface area contributed by atoms with Crippen molar-refractivity contribution in [3.05, 3.63) is 12.2 Å². The molecule has 3 heterocycles. The van der Waals surface area contributed by atoms with Crippen LogP contribution in [0.4, 0.5) is 0 Å². The van der Waals surface area contributed by atoms with Gasteiger partial charge in [0.05, 0.1) is 25.2 Å². The van der Waals surface area contributed by atoms with Gasteiger partial charge in [-0.05, 0) is 12.8 Å². The van der Waals surface area contributed by atoms with Crippen LogP contribution < -0.4 is 0 Å². The van der Waals surface area contributed by atoms with Crippen molar-refractivity contribution in [2.45, 2.75) is 32.5 Å². The lowest BCUT2D eigenvalue weighted by Crippen LogP contribution is -2.40. The third-order valence-electron chi connectivity index (χ3n) is 4.32. The standard InChI is InChI=1S/C15H21NO4/c1-4-19-14(18)11-10-5-6-15(20-10)8-16(7-9(2)3)13(17)12(11)15/h5-6,9-12H,4,7-8H2,1-3H3/t10-,11?,12-,15?/m1/s1. The van der Waals surface area contributed by atoms with Crippen molar-refractivity contribution in [2.24, 2.45) is 17.8 Å². The molecule has 20 heavy (non-hydrogen) atoms. The summed E-state index contributed by atoms with van der Waals surface area (Å²) in [7, 11) is 0. The Morgan fingerprint density at radius 3 is 3.00 bits per heavy atom. The van der Waals surface area contributed by atoms with E-state index in [0.717, 1.165) is 0 Å². The minimum atomic E-state index is -0.603. The van der Waals surface area contributed by atoms with E-state index in [-0.39, 0.29) is 18.0 Å². The maximum absolute atomic E-state index is 12.6. The highest BCUT2D eigenvalue weighted by Gasteiger charge is 2.67. The number of likely N-dealkylation sites (tertiary alicyclic amines) is 1. The lowest BCUT2D eigenvalue weighted by molar-refractivity contribution is -0.153. The van der Waals surface area contributed by atoms with Crippen molar-refractivity contribution in [2.75, 3.05) is 19.7 Å². The molecule has 2 fully saturated rings. The molecule has 2 saturated heterocycles. The molecular weight excluding hydrogens is 258 g/mol. The number of fused-ring (bicyclic) bond motifs is 1. The van der Waals surface area contributed by atoms with E-state index in [1.165, 1.54) is 0 Å². The van der Waals surface area contributed by atoms with Crippen molar-refractivity contribution >= 4 is 11.9 Å². The Morgan fingerprint density at radius 2 is 2.35 bits per heavy atom. The summed E-state index contributed by atoms with van der Waals surface area (Å²) in [6, 6.07) is 0. The van der Waals surface area contributed by atoms with Crippen molar-refractivity contribution < 1.29 is 19.1 Å². The summed E-state index contributed by atoms with van der Waals surface area (Å²) in [6.07, 6.45) is 3.57. The molecule has 3 rings (SSSR count). The quantitative estimate of drug-likeness (QED) is 0.569. The summed E-state index contributed by atoms with van der Waals surface area (Å²) in [6.45, 7) is 7.52. The van der Waals surface area contributed by atoms with E-state index in [0.29, 0.717) is 25.6 Å². The molecule has 110 valence electrons. The summed E-state index contributed by atoms with van der Waals surface area (Å²) >= 11 is 0. The highest BCUT2D eigenvalue weighted by molar-refractivity contribution is 5.91. The van der Waals surface area contributed by atoms with Crippen molar-refractivity contribution in [3.8, 4) is 0 Å². The van der Waals surface area contributed by atoms with Crippen LogP contribution in [0.5, 0.6) is 0 Å². The van der Waals surface area contributed by atoms with Gasteiger partial charge in [0.25, 0.3) is 0 Å². The molecule has 1 amide bonds. The van der Waals surface area contributed by atoms with Gasteiger partial charge in [0.15, 0.2) is 0 Å². The maximum atomic E-state index is 12.6. The number of hydrogen-bond donors (Lipinski definition) is 0. The fraction of sp³-hybridized carbons (Fsp3) is 0.733. The van der Waals surface area contributed by atoms with Crippen LogP contribution in [0.1, 0.15) is 20.8 Å². The van der Waals surface area contributed by atoms with Gasteiger partial charge in [0.1, 0.15) is 11.5 Å². The van der Waals surface area contributed by atoms with E-state index >= 15 is 0 Å². The highest BCUT2D eigenvalue weighted by Crippen LogP contribution is 2.52. The van der Waals surface area contributed by atoms with E-state index in [1.54, 1.807) is 6.92 Å². The number of carbonyl (C=O) groups excluding carboxylic acids is 2. The van der Waals surface area contributed by atoms with Crippen LogP contribution in [-0.4, -0.2) is 48.2 Å². The molecule has 0 radical (unpaired) electrons. The first kappa shape index (κ1) is 13.6. The maximum Gasteiger partial charge on any atom is 0.312 e. The molecule has 2 bridgehead atoms. The molecule has 2 unspecified atom stereocenters. The summed E-state index contributed by atoms with van der Waals surface area (Å²) in [5, 5.41) is 0. The molecule has 0 aliphatic carbocycles. The van der Waals surface area contributed by atoms with E-state index in [1.807, 2.05) is 17.1 Å². The number of amides is 1. The van der Waals surface area contributed by atoms with E-state index < -0.39 is 17.4 Å². The number of hydrogen-bond acceptors (Lipinski definition) is 4. The lowest BCUT2D eigenvalue weighted by atomic mass is 9.77. The van der Waals surface area contributed by atoms with Crippen LogP contribution in [0.2, 0.25) is 0 Å². The second kappa shape index (κ2) is 4.58. The lowest BCUT2D eigenvalue weighted by Gasteiger charge is -2.22. The largest absolute Gasteiger partial charge is 0.466 e. The van der Waals surface area contributed by atoms with Gasteiger partial charge in [-0.15, -0.1) is 0 Å². The zero-order chi connectivity index (χ0) is 14.5. The molecule has 0 N–H and O–H groups in total. The Bertz CT molecular complexity index is 472. The van der Waals surface area contributed by atoms with Crippen LogP contribution in [0.25, 0.3) is 0 Å². The van der Waals surface area contributed by atoms with Gasteiger partial charge in [-0.25, -0.2) is 0 Å². The molecule has 1 spiro atoms. The molecule has 0 aromatic heterocycles. The predicted molar refractivity (Wildman–Crippen MR) is 71.8 cm³/mol. The van der Waals surface area contributed by atoms with Gasteiger partial charge in [-0.2, -0.15) is 0 Å². The Morgan fingerprint density at radius 1 is 1.60 bits per heavy atom. The Kier molecular flexibility index (Phi) is 3.12.